The summed E-state index contributed by atoms with van der Waals surface area (Å²) in [5, 5.41) is 10.9. The topological polar surface area (TPSA) is 99.8 Å². The van der Waals surface area contributed by atoms with E-state index in [1.54, 1.807) is 48.1 Å². The van der Waals surface area contributed by atoms with E-state index in [2.05, 4.69) is 15.3 Å². The van der Waals surface area contributed by atoms with Crippen LogP contribution in [0.4, 0.5) is 20.7 Å². The van der Waals surface area contributed by atoms with E-state index < -0.39 is 6.09 Å². The molecule has 2 amide bonds. The predicted molar refractivity (Wildman–Crippen MR) is 109 cm³/mol. The van der Waals surface area contributed by atoms with Gasteiger partial charge in [0.2, 0.25) is 0 Å². The number of benzene rings is 1. The number of hydrogen-bond donors (Lipinski definition) is 2. The Labute approximate surface area is 170 Å². The molecule has 1 aromatic carbocycles. The summed E-state index contributed by atoms with van der Waals surface area (Å²) < 4.78 is 14.9. The number of aromatic nitrogens is 3. The molecule has 3 heterocycles. The minimum atomic E-state index is -1.20. The first-order chi connectivity index (χ1) is 14.4. The van der Waals surface area contributed by atoms with Crippen molar-refractivity contribution >= 4 is 29.2 Å². The molecule has 9 heteroatoms. The molecule has 3 aromatic heterocycles. The van der Waals surface area contributed by atoms with Gasteiger partial charge in [-0.3, -0.25) is 14.5 Å². The van der Waals surface area contributed by atoms with Gasteiger partial charge in [-0.15, -0.1) is 0 Å². The zero-order chi connectivity index (χ0) is 21.3. The first-order valence-corrected chi connectivity index (χ1v) is 8.89. The first-order valence-electron chi connectivity index (χ1n) is 8.89. The van der Waals surface area contributed by atoms with Crippen LogP contribution in [0.2, 0.25) is 0 Å². The Morgan fingerprint density at radius 1 is 1.03 bits per heavy atom. The third-order valence-corrected chi connectivity index (χ3v) is 4.57. The van der Waals surface area contributed by atoms with Crippen molar-refractivity contribution in [3.63, 3.8) is 0 Å². The number of imidazole rings is 1. The van der Waals surface area contributed by atoms with Crippen LogP contribution >= 0.6 is 0 Å². The van der Waals surface area contributed by atoms with E-state index in [1.807, 2.05) is 0 Å². The second-order valence-corrected chi connectivity index (χ2v) is 6.49. The molecule has 4 rings (SSSR count). The smallest absolute Gasteiger partial charge is 0.410 e. The molecule has 0 aliphatic heterocycles. The Balaban J connectivity index is 1.66. The zero-order valence-electron chi connectivity index (χ0n) is 15.8. The summed E-state index contributed by atoms with van der Waals surface area (Å²) in [6.07, 6.45) is 3.64. The van der Waals surface area contributed by atoms with Gasteiger partial charge in [-0.05, 0) is 48.5 Å². The maximum Gasteiger partial charge on any atom is 0.410 e. The van der Waals surface area contributed by atoms with E-state index in [0.29, 0.717) is 28.2 Å². The number of rotatable bonds is 4. The molecule has 0 fully saturated rings. The van der Waals surface area contributed by atoms with Gasteiger partial charge >= 0.3 is 6.09 Å². The highest BCUT2D eigenvalue weighted by Gasteiger charge is 2.16. The number of anilines is 2. The van der Waals surface area contributed by atoms with Crippen molar-refractivity contribution in [1.82, 2.24) is 14.4 Å². The van der Waals surface area contributed by atoms with Crippen molar-refractivity contribution in [2.75, 3.05) is 17.3 Å². The van der Waals surface area contributed by atoms with Crippen LogP contribution < -0.4 is 10.2 Å². The summed E-state index contributed by atoms with van der Waals surface area (Å²) >= 11 is 0. The van der Waals surface area contributed by atoms with E-state index >= 15 is 0 Å². The number of halogens is 1. The number of carboxylic acid groups (broad SMARTS) is 1. The van der Waals surface area contributed by atoms with Crippen molar-refractivity contribution in [3.05, 3.63) is 78.5 Å². The normalized spacial score (nSPS) is 10.7. The van der Waals surface area contributed by atoms with Gasteiger partial charge in [0.15, 0.2) is 0 Å². The van der Waals surface area contributed by atoms with Crippen LogP contribution in [0.1, 0.15) is 10.4 Å². The fourth-order valence-electron chi connectivity index (χ4n) is 3.03. The van der Waals surface area contributed by atoms with Crippen LogP contribution in [-0.2, 0) is 0 Å². The van der Waals surface area contributed by atoms with Crippen LogP contribution in [0, 0.1) is 5.82 Å². The molecule has 0 aliphatic rings. The maximum absolute atomic E-state index is 13.2. The summed E-state index contributed by atoms with van der Waals surface area (Å²) in [5.74, 6) is -0.429. The lowest BCUT2D eigenvalue weighted by molar-refractivity contribution is 0.0992. The summed E-state index contributed by atoms with van der Waals surface area (Å²) in [6, 6.07) is 12.3. The molecule has 0 radical (unpaired) electrons. The zero-order valence-corrected chi connectivity index (χ0v) is 15.8. The number of hydrogen-bond acceptors (Lipinski definition) is 4. The Morgan fingerprint density at radius 3 is 2.47 bits per heavy atom. The number of carbonyl (C=O) groups excluding carboxylic acids is 1. The monoisotopic (exact) mass is 405 g/mol. The Morgan fingerprint density at radius 2 is 1.80 bits per heavy atom. The Bertz CT molecular complexity index is 1240. The molecular weight excluding hydrogens is 389 g/mol. The summed E-state index contributed by atoms with van der Waals surface area (Å²) in [5.41, 5.74) is 3.02. The van der Waals surface area contributed by atoms with Crippen molar-refractivity contribution in [2.45, 2.75) is 0 Å². The molecule has 0 bridgehead atoms. The van der Waals surface area contributed by atoms with Gasteiger partial charge in [-0.2, -0.15) is 0 Å². The molecule has 150 valence electrons. The fourth-order valence-corrected chi connectivity index (χ4v) is 3.03. The quantitative estimate of drug-likeness (QED) is 0.536. The van der Waals surface area contributed by atoms with Crippen LogP contribution in [-0.4, -0.2) is 38.5 Å². The molecule has 30 heavy (non-hydrogen) atoms. The number of carbonyl (C=O) groups is 2. The predicted octanol–water partition coefficient (Wildman–Crippen LogP) is 3.90. The lowest BCUT2D eigenvalue weighted by Gasteiger charge is -2.17. The molecule has 0 spiro atoms. The highest BCUT2D eigenvalue weighted by atomic mass is 19.1. The lowest BCUT2D eigenvalue weighted by Crippen LogP contribution is -2.26. The van der Waals surface area contributed by atoms with Crippen molar-refractivity contribution in [1.29, 1.82) is 0 Å². The minimum Gasteiger partial charge on any atom is -0.465 e. The van der Waals surface area contributed by atoms with Gasteiger partial charge in [-0.25, -0.2) is 19.2 Å². The SMILES string of the molecule is CN(C(=O)c1ccc2ncc(-c3ccc(NC(=O)O)nc3)n2c1)c1ccc(F)cc1. The molecule has 4 aromatic rings. The molecule has 0 aliphatic carbocycles. The van der Waals surface area contributed by atoms with Crippen LogP contribution in [0.25, 0.3) is 16.9 Å². The van der Waals surface area contributed by atoms with Gasteiger partial charge in [0.05, 0.1) is 17.5 Å². The van der Waals surface area contributed by atoms with Crippen LogP contribution in [0.3, 0.4) is 0 Å². The van der Waals surface area contributed by atoms with Gasteiger partial charge in [-0.1, -0.05) is 0 Å². The number of nitrogens with zero attached hydrogens (tertiary/aromatic N) is 4. The third kappa shape index (κ3) is 3.68. The van der Waals surface area contributed by atoms with Gasteiger partial charge < -0.3 is 10.0 Å². The number of amides is 2. The van der Waals surface area contributed by atoms with Gasteiger partial charge in [0, 0.05) is 30.7 Å². The number of nitrogens with one attached hydrogen (secondary N) is 1. The van der Waals surface area contributed by atoms with Crippen molar-refractivity contribution in [3.8, 4) is 11.3 Å². The van der Waals surface area contributed by atoms with Crippen LogP contribution in [0.15, 0.2) is 67.1 Å². The van der Waals surface area contributed by atoms with E-state index in [9.17, 15) is 14.0 Å². The maximum atomic E-state index is 13.2. The highest BCUT2D eigenvalue weighted by Crippen LogP contribution is 2.23. The Hall–Kier alpha value is -4.27. The number of pyridine rings is 2. The molecule has 8 nitrogen and oxygen atoms in total. The molecule has 0 unspecified atom stereocenters. The van der Waals surface area contributed by atoms with Crippen molar-refractivity contribution in [2.24, 2.45) is 0 Å². The molecule has 0 saturated carbocycles. The average molecular weight is 405 g/mol. The number of fused-ring (bicyclic) bond motifs is 1. The standard InChI is InChI=1S/C21H16FN5O3/c1-26(16-6-4-15(22)5-7-16)20(28)14-3-9-19-24-11-17(27(19)12-14)13-2-8-18(23-10-13)25-21(29)30/h2-12H,1H3,(H,23,25)(H,29,30). The van der Waals surface area contributed by atoms with Crippen LogP contribution in [0.5, 0.6) is 0 Å². The van der Waals surface area contributed by atoms with E-state index in [0.717, 1.165) is 0 Å². The fraction of sp³-hybridized carbons (Fsp3) is 0.0476. The van der Waals surface area contributed by atoms with E-state index in [4.69, 9.17) is 5.11 Å². The van der Waals surface area contributed by atoms with E-state index in [-0.39, 0.29) is 17.5 Å². The van der Waals surface area contributed by atoms with E-state index in [1.165, 1.54) is 35.4 Å². The minimum absolute atomic E-state index is 0.205. The molecule has 2 N–H and O–H groups in total. The van der Waals surface area contributed by atoms with Gasteiger partial charge in [0.1, 0.15) is 17.3 Å². The second-order valence-electron chi connectivity index (χ2n) is 6.49. The molecule has 0 atom stereocenters. The Kier molecular flexibility index (Phi) is 4.85. The van der Waals surface area contributed by atoms with Crippen molar-refractivity contribution < 1.29 is 19.1 Å². The van der Waals surface area contributed by atoms with Gasteiger partial charge in [0.25, 0.3) is 5.91 Å². The summed E-state index contributed by atoms with van der Waals surface area (Å²) in [7, 11) is 1.62. The third-order valence-electron chi connectivity index (χ3n) is 4.57. The highest BCUT2D eigenvalue weighted by molar-refractivity contribution is 6.05. The average Bonchev–Trinajstić information content (AvgIpc) is 3.16. The molecular formula is C21H16FN5O3. The first kappa shape index (κ1) is 19.1. The largest absolute Gasteiger partial charge is 0.465 e. The molecule has 0 saturated heterocycles. The summed E-state index contributed by atoms with van der Waals surface area (Å²) in [4.78, 5) is 33.5. The second kappa shape index (κ2) is 7.63. The lowest BCUT2D eigenvalue weighted by atomic mass is 10.2. The summed E-state index contributed by atoms with van der Waals surface area (Å²) in [6.45, 7) is 0.